The molecule has 0 aliphatic heterocycles. The van der Waals surface area contributed by atoms with Gasteiger partial charge in [-0.25, -0.2) is 4.39 Å². The first-order valence-corrected chi connectivity index (χ1v) is 7.02. The molecule has 0 bridgehead atoms. The first kappa shape index (κ1) is 15.3. The number of hydrogen-bond donors (Lipinski definition) is 0. The predicted octanol–water partition coefficient (Wildman–Crippen LogP) is 4.86. The summed E-state index contributed by atoms with van der Waals surface area (Å²) >= 11 is 5.95. The van der Waals surface area contributed by atoms with Crippen LogP contribution in [0.15, 0.2) is 42.5 Å². The summed E-state index contributed by atoms with van der Waals surface area (Å²) in [5.74, 6) is 0.00363. The molecular weight excluding hydrogens is 289 g/mol. The van der Waals surface area contributed by atoms with Crippen molar-refractivity contribution < 1.29 is 9.13 Å². The van der Waals surface area contributed by atoms with E-state index in [0.717, 1.165) is 5.56 Å². The van der Waals surface area contributed by atoms with Crippen molar-refractivity contribution in [3.63, 3.8) is 0 Å². The molecule has 0 radical (unpaired) electrons. The molecule has 0 saturated carbocycles. The Bertz CT molecular complexity index is 666. The van der Waals surface area contributed by atoms with Crippen LogP contribution >= 0.6 is 11.6 Å². The second kappa shape index (κ2) is 7.10. The van der Waals surface area contributed by atoms with E-state index in [-0.39, 0.29) is 11.7 Å². The molecule has 0 N–H and O–H groups in total. The molecule has 2 nitrogen and oxygen atoms in total. The molecule has 1 atom stereocenters. The quantitative estimate of drug-likeness (QED) is 0.790. The average Bonchev–Trinajstić information content (AvgIpc) is 2.47. The summed E-state index contributed by atoms with van der Waals surface area (Å²) in [7, 11) is 0. The number of aryl methyl sites for hydroxylation is 1. The number of nitriles is 1. The van der Waals surface area contributed by atoms with Gasteiger partial charge in [0.1, 0.15) is 11.6 Å². The molecule has 108 valence electrons. The standard InChI is InChI=1S/C17H15ClFNO/c1-12-9-16(5-6-17(12)18)21-8-7-14(11-20)13-3-2-4-15(19)10-13/h2-6,9-10,14H,7-8H2,1H3. The van der Waals surface area contributed by atoms with Crippen molar-refractivity contribution >= 4 is 11.6 Å². The SMILES string of the molecule is Cc1cc(OCCC(C#N)c2cccc(F)c2)ccc1Cl. The lowest BCUT2D eigenvalue weighted by atomic mass is 9.98. The third-order valence-electron chi connectivity index (χ3n) is 3.21. The van der Waals surface area contributed by atoms with Crippen molar-refractivity contribution in [2.45, 2.75) is 19.3 Å². The lowest BCUT2D eigenvalue weighted by Crippen LogP contribution is -2.05. The highest BCUT2D eigenvalue weighted by atomic mass is 35.5. The molecule has 0 aromatic heterocycles. The highest BCUT2D eigenvalue weighted by Crippen LogP contribution is 2.23. The topological polar surface area (TPSA) is 33.0 Å². The summed E-state index contributed by atoms with van der Waals surface area (Å²) in [6.07, 6.45) is 0.502. The summed E-state index contributed by atoms with van der Waals surface area (Å²) in [5, 5.41) is 9.89. The lowest BCUT2D eigenvalue weighted by Gasteiger charge is -2.11. The first-order chi connectivity index (χ1) is 10.1. The fourth-order valence-electron chi connectivity index (χ4n) is 2.03. The van der Waals surface area contributed by atoms with Gasteiger partial charge in [-0.2, -0.15) is 5.26 Å². The maximum absolute atomic E-state index is 13.2. The molecule has 0 aliphatic carbocycles. The van der Waals surface area contributed by atoms with E-state index in [2.05, 4.69) is 6.07 Å². The Morgan fingerprint density at radius 3 is 2.76 bits per heavy atom. The summed E-state index contributed by atoms with van der Waals surface area (Å²) in [5.41, 5.74) is 1.62. The second-order valence-corrected chi connectivity index (χ2v) is 5.19. The average molecular weight is 304 g/mol. The zero-order valence-corrected chi connectivity index (χ0v) is 12.4. The van der Waals surface area contributed by atoms with Crippen LogP contribution in [0.4, 0.5) is 4.39 Å². The summed E-state index contributed by atoms with van der Waals surface area (Å²) in [6, 6.07) is 13.7. The molecule has 0 fully saturated rings. The van der Waals surface area contributed by atoms with Gasteiger partial charge in [-0.15, -0.1) is 0 Å². The Morgan fingerprint density at radius 2 is 2.10 bits per heavy atom. The van der Waals surface area contributed by atoms with Crippen LogP contribution in [0, 0.1) is 24.1 Å². The maximum Gasteiger partial charge on any atom is 0.123 e. The van der Waals surface area contributed by atoms with Crippen LogP contribution in [0.2, 0.25) is 5.02 Å². The summed E-state index contributed by atoms with van der Waals surface area (Å²) in [6.45, 7) is 2.29. The highest BCUT2D eigenvalue weighted by molar-refractivity contribution is 6.31. The van der Waals surface area contributed by atoms with Crippen LogP contribution in [0.1, 0.15) is 23.5 Å². The van der Waals surface area contributed by atoms with Gasteiger partial charge in [-0.3, -0.25) is 0 Å². The Hall–Kier alpha value is -2.05. The van der Waals surface area contributed by atoms with Gasteiger partial charge >= 0.3 is 0 Å². The smallest absolute Gasteiger partial charge is 0.123 e. The molecule has 21 heavy (non-hydrogen) atoms. The van der Waals surface area contributed by atoms with Crippen LogP contribution in [0.3, 0.4) is 0 Å². The number of hydrogen-bond acceptors (Lipinski definition) is 2. The van der Waals surface area contributed by atoms with E-state index in [0.29, 0.717) is 29.4 Å². The number of ether oxygens (including phenoxy) is 1. The van der Waals surface area contributed by atoms with E-state index >= 15 is 0 Å². The number of benzene rings is 2. The Morgan fingerprint density at radius 1 is 1.29 bits per heavy atom. The Balaban J connectivity index is 1.95. The van der Waals surface area contributed by atoms with Gasteiger partial charge in [0.25, 0.3) is 0 Å². The minimum atomic E-state index is -0.380. The van der Waals surface area contributed by atoms with Gasteiger partial charge in [-0.1, -0.05) is 23.7 Å². The number of nitrogens with zero attached hydrogens (tertiary/aromatic N) is 1. The molecule has 0 aliphatic rings. The monoisotopic (exact) mass is 303 g/mol. The van der Waals surface area contributed by atoms with Gasteiger partial charge in [-0.05, 0) is 48.4 Å². The van der Waals surface area contributed by atoms with Gasteiger partial charge in [0.05, 0.1) is 18.6 Å². The van der Waals surface area contributed by atoms with E-state index in [1.165, 1.54) is 12.1 Å². The fraction of sp³-hybridized carbons (Fsp3) is 0.235. The number of rotatable bonds is 5. The molecular formula is C17H15ClFNO. The van der Waals surface area contributed by atoms with E-state index in [9.17, 15) is 9.65 Å². The van der Waals surface area contributed by atoms with Crippen molar-refractivity contribution in [1.29, 1.82) is 5.26 Å². The third-order valence-corrected chi connectivity index (χ3v) is 3.64. The van der Waals surface area contributed by atoms with E-state index in [4.69, 9.17) is 16.3 Å². The lowest BCUT2D eigenvalue weighted by molar-refractivity contribution is 0.305. The highest BCUT2D eigenvalue weighted by Gasteiger charge is 2.11. The third kappa shape index (κ3) is 4.21. The van der Waals surface area contributed by atoms with Crippen molar-refractivity contribution in [3.05, 3.63) is 64.4 Å². The molecule has 1 unspecified atom stereocenters. The van der Waals surface area contributed by atoms with Crippen LogP contribution in [0.25, 0.3) is 0 Å². The van der Waals surface area contributed by atoms with Gasteiger partial charge in [0, 0.05) is 11.4 Å². The van der Waals surface area contributed by atoms with Gasteiger partial charge in [0.2, 0.25) is 0 Å². The minimum Gasteiger partial charge on any atom is -0.494 e. The van der Waals surface area contributed by atoms with Crippen molar-refractivity contribution in [3.8, 4) is 11.8 Å². The zero-order valence-electron chi connectivity index (χ0n) is 11.6. The molecule has 2 aromatic rings. The van der Waals surface area contributed by atoms with Crippen LogP contribution < -0.4 is 4.74 Å². The second-order valence-electron chi connectivity index (χ2n) is 4.78. The molecule has 0 saturated heterocycles. The van der Waals surface area contributed by atoms with Crippen molar-refractivity contribution in [2.24, 2.45) is 0 Å². The van der Waals surface area contributed by atoms with Gasteiger partial charge < -0.3 is 4.74 Å². The van der Waals surface area contributed by atoms with E-state index in [1.807, 2.05) is 13.0 Å². The van der Waals surface area contributed by atoms with Crippen molar-refractivity contribution in [2.75, 3.05) is 6.61 Å². The van der Waals surface area contributed by atoms with E-state index in [1.54, 1.807) is 24.3 Å². The molecule has 4 heteroatoms. The molecule has 0 amide bonds. The van der Waals surface area contributed by atoms with Crippen LogP contribution in [-0.2, 0) is 0 Å². The normalized spacial score (nSPS) is 11.7. The van der Waals surface area contributed by atoms with Crippen LogP contribution in [-0.4, -0.2) is 6.61 Å². The maximum atomic E-state index is 13.2. The Labute approximate surface area is 128 Å². The fourth-order valence-corrected chi connectivity index (χ4v) is 2.15. The summed E-state index contributed by atoms with van der Waals surface area (Å²) in [4.78, 5) is 0. The predicted molar refractivity (Wildman–Crippen MR) is 81.1 cm³/mol. The largest absolute Gasteiger partial charge is 0.494 e. The molecule has 0 spiro atoms. The molecule has 0 heterocycles. The van der Waals surface area contributed by atoms with Crippen LogP contribution in [0.5, 0.6) is 5.75 Å². The zero-order chi connectivity index (χ0) is 15.2. The Kier molecular flexibility index (Phi) is 5.19. The van der Waals surface area contributed by atoms with E-state index < -0.39 is 0 Å². The van der Waals surface area contributed by atoms with Crippen molar-refractivity contribution in [1.82, 2.24) is 0 Å². The minimum absolute atomic E-state index is 0.331. The number of halogens is 2. The molecule has 2 aromatic carbocycles. The van der Waals surface area contributed by atoms with Gasteiger partial charge in [0.15, 0.2) is 0 Å². The first-order valence-electron chi connectivity index (χ1n) is 6.64. The molecule has 2 rings (SSSR count). The summed E-state index contributed by atoms with van der Waals surface area (Å²) < 4.78 is 18.8.